The monoisotopic (exact) mass is 208 g/mol. The lowest BCUT2D eigenvalue weighted by Crippen LogP contribution is -2.08. The van der Waals surface area contributed by atoms with Gasteiger partial charge >= 0.3 is 0 Å². The number of nitrogen functional groups attached to an aromatic ring is 1. The summed E-state index contributed by atoms with van der Waals surface area (Å²) in [6, 6.07) is 3.85. The zero-order chi connectivity index (χ0) is 10.7. The molecule has 4 nitrogen and oxygen atoms in total. The minimum absolute atomic E-state index is 0.488. The van der Waals surface area contributed by atoms with Crippen molar-refractivity contribution in [2.45, 2.75) is 18.8 Å². The normalized spacial score (nSPS) is 15.3. The minimum atomic E-state index is 0.488. The standard InChI is InChI=1S/C11H16N2O2/c1-14-6-7-15-11-9(12)4-5-10(13-11)8-2-3-8/h4-5,8H,2-3,6-7,12H2,1H3. The van der Waals surface area contributed by atoms with Crippen LogP contribution in [0, 0.1) is 0 Å². The van der Waals surface area contributed by atoms with Crippen molar-refractivity contribution in [2.75, 3.05) is 26.1 Å². The summed E-state index contributed by atoms with van der Waals surface area (Å²) < 4.78 is 10.3. The molecule has 82 valence electrons. The molecule has 0 bridgehead atoms. The fourth-order valence-corrected chi connectivity index (χ4v) is 1.41. The van der Waals surface area contributed by atoms with Gasteiger partial charge in [-0.3, -0.25) is 0 Å². The Bertz CT molecular complexity index is 337. The van der Waals surface area contributed by atoms with Gasteiger partial charge in [0.15, 0.2) is 0 Å². The maximum atomic E-state index is 5.76. The zero-order valence-corrected chi connectivity index (χ0v) is 8.90. The number of pyridine rings is 1. The summed E-state index contributed by atoms with van der Waals surface area (Å²) in [5.74, 6) is 1.16. The van der Waals surface area contributed by atoms with E-state index in [0.717, 1.165) is 5.69 Å². The first kappa shape index (κ1) is 10.2. The predicted octanol–water partition coefficient (Wildman–Crippen LogP) is 1.57. The van der Waals surface area contributed by atoms with Gasteiger partial charge < -0.3 is 15.2 Å². The SMILES string of the molecule is COCCOc1nc(C2CC2)ccc1N. The highest BCUT2D eigenvalue weighted by Crippen LogP contribution is 2.40. The van der Waals surface area contributed by atoms with Crippen LogP contribution in [-0.2, 0) is 4.74 Å². The third-order valence-electron chi connectivity index (χ3n) is 2.43. The summed E-state index contributed by atoms with van der Waals surface area (Å²) in [6.45, 7) is 1.04. The Hall–Kier alpha value is -1.29. The molecule has 0 unspecified atom stereocenters. The molecule has 1 aliphatic rings. The van der Waals surface area contributed by atoms with Crippen molar-refractivity contribution in [1.82, 2.24) is 4.98 Å². The largest absolute Gasteiger partial charge is 0.474 e. The molecule has 0 radical (unpaired) electrons. The highest BCUT2D eigenvalue weighted by molar-refractivity contribution is 5.48. The summed E-state index contributed by atoms with van der Waals surface area (Å²) >= 11 is 0. The van der Waals surface area contributed by atoms with Crippen LogP contribution < -0.4 is 10.5 Å². The van der Waals surface area contributed by atoms with Crippen LogP contribution in [0.5, 0.6) is 5.88 Å². The number of ether oxygens (including phenoxy) is 2. The minimum Gasteiger partial charge on any atom is -0.474 e. The maximum absolute atomic E-state index is 5.76. The van der Waals surface area contributed by atoms with E-state index in [2.05, 4.69) is 4.98 Å². The Kier molecular flexibility index (Phi) is 3.06. The van der Waals surface area contributed by atoms with Gasteiger partial charge in [-0.2, -0.15) is 0 Å². The van der Waals surface area contributed by atoms with Crippen molar-refractivity contribution in [3.63, 3.8) is 0 Å². The number of hydrogen-bond acceptors (Lipinski definition) is 4. The smallest absolute Gasteiger partial charge is 0.237 e. The highest BCUT2D eigenvalue weighted by Gasteiger charge is 2.25. The molecule has 1 saturated carbocycles. The van der Waals surface area contributed by atoms with E-state index in [1.807, 2.05) is 12.1 Å². The van der Waals surface area contributed by atoms with Gasteiger partial charge in [-0.05, 0) is 25.0 Å². The molecule has 0 atom stereocenters. The van der Waals surface area contributed by atoms with E-state index in [4.69, 9.17) is 15.2 Å². The van der Waals surface area contributed by atoms with Crippen molar-refractivity contribution in [3.05, 3.63) is 17.8 Å². The lowest BCUT2D eigenvalue weighted by atomic mass is 10.2. The maximum Gasteiger partial charge on any atom is 0.237 e. The summed E-state index contributed by atoms with van der Waals surface area (Å²) in [5.41, 5.74) is 7.45. The molecule has 1 aromatic rings. The van der Waals surface area contributed by atoms with Crippen molar-refractivity contribution < 1.29 is 9.47 Å². The summed E-state index contributed by atoms with van der Waals surface area (Å²) in [5, 5.41) is 0. The van der Waals surface area contributed by atoms with Crippen LogP contribution in [0.4, 0.5) is 5.69 Å². The summed E-state index contributed by atoms with van der Waals surface area (Å²) in [6.07, 6.45) is 2.46. The quantitative estimate of drug-likeness (QED) is 0.746. The third kappa shape index (κ3) is 2.59. The number of nitrogens with zero attached hydrogens (tertiary/aromatic N) is 1. The van der Waals surface area contributed by atoms with Crippen molar-refractivity contribution in [3.8, 4) is 5.88 Å². The molecule has 2 rings (SSSR count). The number of methoxy groups -OCH3 is 1. The third-order valence-corrected chi connectivity index (χ3v) is 2.43. The van der Waals surface area contributed by atoms with E-state index in [1.54, 1.807) is 7.11 Å². The molecule has 4 heteroatoms. The van der Waals surface area contributed by atoms with E-state index in [1.165, 1.54) is 12.8 Å². The number of anilines is 1. The number of rotatable bonds is 5. The molecule has 0 saturated heterocycles. The summed E-state index contributed by atoms with van der Waals surface area (Å²) in [4.78, 5) is 4.40. The number of hydrogen-bond donors (Lipinski definition) is 1. The van der Waals surface area contributed by atoms with Crippen molar-refractivity contribution in [2.24, 2.45) is 0 Å². The fraction of sp³-hybridized carbons (Fsp3) is 0.545. The van der Waals surface area contributed by atoms with Crippen LogP contribution >= 0.6 is 0 Å². The number of nitrogens with two attached hydrogens (primary N) is 1. The lowest BCUT2D eigenvalue weighted by molar-refractivity contribution is 0.144. The van der Waals surface area contributed by atoms with Gasteiger partial charge in [0, 0.05) is 18.7 Å². The van der Waals surface area contributed by atoms with Crippen molar-refractivity contribution >= 4 is 5.69 Å². The Balaban J connectivity index is 2.03. The van der Waals surface area contributed by atoms with Crippen LogP contribution in [0.2, 0.25) is 0 Å². The van der Waals surface area contributed by atoms with Gasteiger partial charge in [0.05, 0.1) is 12.3 Å². The number of aromatic nitrogens is 1. The van der Waals surface area contributed by atoms with Gasteiger partial charge in [-0.1, -0.05) is 0 Å². The molecule has 0 aliphatic heterocycles. The first-order valence-electron chi connectivity index (χ1n) is 5.19. The molecule has 1 fully saturated rings. The Morgan fingerprint density at radius 3 is 2.87 bits per heavy atom. The summed E-state index contributed by atoms with van der Waals surface area (Å²) in [7, 11) is 1.64. The molecule has 1 aromatic heterocycles. The average Bonchev–Trinajstić information content (AvgIpc) is 3.05. The molecule has 1 aliphatic carbocycles. The van der Waals surface area contributed by atoms with Gasteiger partial charge in [0.25, 0.3) is 0 Å². The van der Waals surface area contributed by atoms with Gasteiger partial charge in [0.2, 0.25) is 5.88 Å². The second-order valence-electron chi connectivity index (χ2n) is 3.75. The molecular formula is C11H16N2O2. The van der Waals surface area contributed by atoms with E-state index >= 15 is 0 Å². The predicted molar refractivity (Wildman–Crippen MR) is 58.0 cm³/mol. The van der Waals surface area contributed by atoms with Gasteiger partial charge in [-0.15, -0.1) is 0 Å². The van der Waals surface area contributed by atoms with E-state index in [9.17, 15) is 0 Å². The van der Waals surface area contributed by atoms with Gasteiger partial charge in [0.1, 0.15) is 6.61 Å². The van der Waals surface area contributed by atoms with E-state index in [-0.39, 0.29) is 0 Å². The second-order valence-corrected chi connectivity index (χ2v) is 3.75. The van der Waals surface area contributed by atoms with Crippen LogP contribution in [0.25, 0.3) is 0 Å². The Morgan fingerprint density at radius 1 is 1.40 bits per heavy atom. The van der Waals surface area contributed by atoms with E-state index in [0.29, 0.717) is 30.7 Å². The van der Waals surface area contributed by atoms with Crippen LogP contribution in [-0.4, -0.2) is 25.3 Å². The lowest BCUT2D eigenvalue weighted by Gasteiger charge is -2.08. The zero-order valence-electron chi connectivity index (χ0n) is 8.90. The Morgan fingerprint density at radius 2 is 2.20 bits per heavy atom. The van der Waals surface area contributed by atoms with Crippen LogP contribution in [0.1, 0.15) is 24.5 Å². The molecule has 0 amide bonds. The molecule has 0 spiro atoms. The Labute approximate surface area is 89.4 Å². The first-order valence-corrected chi connectivity index (χ1v) is 5.19. The van der Waals surface area contributed by atoms with Gasteiger partial charge in [-0.25, -0.2) is 4.98 Å². The van der Waals surface area contributed by atoms with E-state index < -0.39 is 0 Å². The van der Waals surface area contributed by atoms with Crippen LogP contribution in [0.15, 0.2) is 12.1 Å². The van der Waals surface area contributed by atoms with Crippen molar-refractivity contribution in [1.29, 1.82) is 0 Å². The van der Waals surface area contributed by atoms with Crippen LogP contribution in [0.3, 0.4) is 0 Å². The molecule has 2 N–H and O–H groups in total. The molecule has 0 aromatic carbocycles. The average molecular weight is 208 g/mol. The fourth-order valence-electron chi connectivity index (χ4n) is 1.41. The first-order chi connectivity index (χ1) is 7.31. The molecular weight excluding hydrogens is 192 g/mol. The highest BCUT2D eigenvalue weighted by atomic mass is 16.5. The molecule has 1 heterocycles. The second kappa shape index (κ2) is 4.49. The molecule has 15 heavy (non-hydrogen) atoms. The topological polar surface area (TPSA) is 57.4 Å².